The standard InChI is InChI=1S/C10H20N2O2/c11-6-2-1-3-7-12-8-4-5-9(12)10(13)14/h9H,1-8,11H2,(H,13,14)/t9-/m0/s1. The van der Waals surface area contributed by atoms with Gasteiger partial charge in [0.2, 0.25) is 0 Å². The van der Waals surface area contributed by atoms with Crippen LogP contribution in [0, 0.1) is 0 Å². The van der Waals surface area contributed by atoms with E-state index in [1.54, 1.807) is 0 Å². The van der Waals surface area contributed by atoms with Crippen molar-refractivity contribution in [2.24, 2.45) is 5.73 Å². The Hall–Kier alpha value is -0.610. The Morgan fingerprint density at radius 2 is 2.21 bits per heavy atom. The van der Waals surface area contributed by atoms with E-state index in [4.69, 9.17) is 10.8 Å². The summed E-state index contributed by atoms with van der Waals surface area (Å²) in [6, 6.07) is -0.229. The van der Waals surface area contributed by atoms with Gasteiger partial charge in [0, 0.05) is 0 Å². The molecule has 0 bridgehead atoms. The number of rotatable bonds is 6. The van der Waals surface area contributed by atoms with Crippen LogP contribution in [0.5, 0.6) is 0 Å². The molecule has 14 heavy (non-hydrogen) atoms. The van der Waals surface area contributed by atoms with Gasteiger partial charge in [0.1, 0.15) is 6.04 Å². The van der Waals surface area contributed by atoms with Crippen LogP contribution in [0.4, 0.5) is 0 Å². The second-order valence-electron chi connectivity index (χ2n) is 3.88. The van der Waals surface area contributed by atoms with Gasteiger partial charge in [0.25, 0.3) is 0 Å². The summed E-state index contributed by atoms with van der Waals surface area (Å²) in [6.45, 7) is 2.60. The largest absolute Gasteiger partial charge is 0.480 e. The number of carboxylic acids is 1. The first-order valence-electron chi connectivity index (χ1n) is 5.42. The Bertz CT molecular complexity index is 185. The number of nitrogens with zero attached hydrogens (tertiary/aromatic N) is 1. The van der Waals surface area contributed by atoms with Gasteiger partial charge < -0.3 is 10.8 Å². The van der Waals surface area contributed by atoms with Gasteiger partial charge >= 0.3 is 5.97 Å². The maximum absolute atomic E-state index is 10.8. The second-order valence-corrected chi connectivity index (χ2v) is 3.88. The average molecular weight is 200 g/mol. The molecule has 0 radical (unpaired) electrons. The number of nitrogens with two attached hydrogens (primary N) is 1. The molecule has 4 heteroatoms. The zero-order chi connectivity index (χ0) is 10.4. The maximum Gasteiger partial charge on any atom is 0.320 e. The lowest BCUT2D eigenvalue weighted by molar-refractivity contribution is -0.142. The number of aliphatic carboxylic acids is 1. The molecule has 0 amide bonds. The summed E-state index contributed by atoms with van der Waals surface area (Å²) >= 11 is 0. The highest BCUT2D eigenvalue weighted by molar-refractivity contribution is 5.73. The lowest BCUT2D eigenvalue weighted by Gasteiger charge is -2.20. The Labute approximate surface area is 85.1 Å². The van der Waals surface area contributed by atoms with Crippen LogP contribution in [0.3, 0.4) is 0 Å². The summed E-state index contributed by atoms with van der Waals surface area (Å²) in [5.41, 5.74) is 5.39. The maximum atomic E-state index is 10.8. The Kier molecular flexibility index (Phi) is 4.90. The first kappa shape index (κ1) is 11.5. The summed E-state index contributed by atoms with van der Waals surface area (Å²) in [4.78, 5) is 12.9. The zero-order valence-corrected chi connectivity index (χ0v) is 8.61. The van der Waals surface area contributed by atoms with E-state index < -0.39 is 5.97 Å². The van der Waals surface area contributed by atoms with Crippen molar-refractivity contribution in [1.82, 2.24) is 4.90 Å². The van der Waals surface area contributed by atoms with E-state index in [0.29, 0.717) is 0 Å². The van der Waals surface area contributed by atoms with Gasteiger partial charge in [0.05, 0.1) is 0 Å². The third kappa shape index (κ3) is 3.27. The summed E-state index contributed by atoms with van der Waals surface area (Å²) in [7, 11) is 0. The van der Waals surface area contributed by atoms with Gasteiger partial charge in [-0.25, -0.2) is 0 Å². The predicted octanol–water partition coefficient (Wildman–Crippen LogP) is 0.664. The second kappa shape index (κ2) is 5.98. The van der Waals surface area contributed by atoms with Crippen LogP contribution >= 0.6 is 0 Å². The van der Waals surface area contributed by atoms with Crippen molar-refractivity contribution in [1.29, 1.82) is 0 Å². The fourth-order valence-electron chi connectivity index (χ4n) is 2.01. The van der Waals surface area contributed by atoms with Gasteiger partial charge in [-0.1, -0.05) is 6.42 Å². The molecule has 1 saturated heterocycles. The minimum Gasteiger partial charge on any atom is -0.480 e. The van der Waals surface area contributed by atoms with Crippen LogP contribution in [0.2, 0.25) is 0 Å². The molecule has 0 aliphatic carbocycles. The fourth-order valence-corrected chi connectivity index (χ4v) is 2.01. The van der Waals surface area contributed by atoms with Gasteiger partial charge in [-0.2, -0.15) is 0 Å². The Morgan fingerprint density at radius 1 is 1.43 bits per heavy atom. The molecule has 4 nitrogen and oxygen atoms in total. The third-order valence-electron chi connectivity index (χ3n) is 2.80. The van der Waals surface area contributed by atoms with E-state index in [1.807, 2.05) is 0 Å². The molecule has 1 aliphatic rings. The van der Waals surface area contributed by atoms with Crippen molar-refractivity contribution in [2.75, 3.05) is 19.6 Å². The summed E-state index contributed by atoms with van der Waals surface area (Å²) in [6.07, 6.45) is 5.06. The third-order valence-corrected chi connectivity index (χ3v) is 2.80. The molecule has 1 rings (SSSR count). The van der Waals surface area contributed by atoms with Crippen LogP contribution in [-0.4, -0.2) is 41.7 Å². The Morgan fingerprint density at radius 3 is 2.86 bits per heavy atom. The lowest BCUT2D eigenvalue weighted by atomic mass is 10.2. The molecule has 0 saturated carbocycles. The van der Waals surface area contributed by atoms with Crippen molar-refractivity contribution in [3.63, 3.8) is 0 Å². The first-order chi connectivity index (χ1) is 6.75. The molecule has 0 aromatic carbocycles. The molecular formula is C10H20N2O2. The monoisotopic (exact) mass is 200 g/mol. The molecule has 1 heterocycles. The number of likely N-dealkylation sites (tertiary alicyclic amines) is 1. The van der Waals surface area contributed by atoms with E-state index in [9.17, 15) is 4.79 Å². The number of carbonyl (C=O) groups is 1. The minimum atomic E-state index is -0.665. The highest BCUT2D eigenvalue weighted by atomic mass is 16.4. The van der Waals surface area contributed by atoms with E-state index in [0.717, 1.165) is 51.7 Å². The summed E-state index contributed by atoms with van der Waals surface area (Å²) in [5.74, 6) is -0.665. The quantitative estimate of drug-likeness (QED) is 0.618. The SMILES string of the molecule is NCCCCCN1CCC[C@H]1C(=O)O. The number of hydrogen-bond acceptors (Lipinski definition) is 3. The number of unbranched alkanes of at least 4 members (excludes halogenated alkanes) is 2. The smallest absolute Gasteiger partial charge is 0.320 e. The van der Waals surface area contributed by atoms with Crippen molar-refractivity contribution in [2.45, 2.75) is 38.1 Å². The molecule has 1 fully saturated rings. The van der Waals surface area contributed by atoms with Gasteiger partial charge in [-0.05, 0) is 45.3 Å². The lowest BCUT2D eigenvalue weighted by Crippen LogP contribution is -2.36. The molecule has 0 aromatic heterocycles. The van der Waals surface area contributed by atoms with E-state index in [1.165, 1.54) is 0 Å². The van der Waals surface area contributed by atoms with Crippen molar-refractivity contribution < 1.29 is 9.90 Å². The van der Waals surface area contributed by atoms with Gasteiger partial charge in [-0.15, -0.1) is 0 Å². The van der Waals surface area contributed by atoms with Crippen LogP contribution < -0.4 is 5.73 Å². The topological polar surface area (TPSA) is 66.6 Å². The van der Waals surface area contributed by atoms with Crippen LogP contribution in [0.1, 0.15) is 32.1 Å². The van der Waals surface area contributed by atoms with Gasteiger partial charge in [0.15, 0.2) is 0 Å². The fraction of sp³-hybridized carbons (Fsp3) is 0.900. The molecule has 0 aromatic rings. The molecule has 3 N–H and O–H groups in total. The first-order valence-corrected chi connectivity index (χ1v) is 5.42. The van der Waals surface area contributed by atoms with Crippen molar-refractivity contribution in [3.8, 4) is 0 Å². The predicted molar refractivity (Wildman–Crippen MR) is 55.1 cm³/mol. The molecule has 1 aliphatic heterocycles. The Balaban J connectivity index is 2.19. The highest BCUT2D eigenvalue weighted by Crippen LogP contribution is 2.17. The van der Waals surface area contributed by atoms with Crippen molar-refractivity contribution in [3.05, 3.63) is 0 Å². The normalized spacial score (nSPS) is 22.8. The van der Waals surface area contributed by atoms with E-state index in [-0.39, 0.29) is 6.04 Å². The van der Waals surface area contributed by atoms with Crippen LogP contribution in [0.25, 0.3) is 0 Å². The summed E-state index contributed by atoms with van der Waals surface area (Å²) in [5, 5.41) is 8.92. The molecule has 1 atom stereocenters. The zero-order valence-electron chi connectivity index (χ0n) is 8.61. The number of hydrogen-bond donors (Lipinski definition) is 2. The molecule has 82 valence electrons. The van der Waals surface area contributed by atoms with E-state index >= 15 is 0 Å². The van der Waals surface area contributed by atoms with Gasteiger partial charge in [-0.3, -0.25) is 9.69 Å². The highest BCUT2D eigenvalue weighted by Gasteiger charge is 2.29. The van der Waals surface area contributed by atoms with Crippen molar-refractivity contribution >= 4 is 5.97 Å². The van der Waals surface area contributed by atoms with Crippen LogP contribution in [0.15, 0.2) is 0 Å². The van der Waals surface area contributed by atoms with E-state index in [2.05, 4.69) is 4.90 Å². The molecular weight excluding hydrogens is 180 g/mol. The average Bonchev–Trinajstić information content (AvgIpc) is 2.60. The molecule has 0 unspecified atom stereocenters. The number of carboxylic acid groups (broad SMARTS) is 1. The molecule has 0 spiro atoms. The minimum absolute atomic E-state index is 0.229. The summed E-state index contributed by atoms with van der Waals surface area (Å²) < 4.78 is 0. The van der Waals surface area contributed by atoms with Crippen LogP contribution in [-0.2, 0) is 4.79 Å².